The molecule has 0 heterocycles. The second-order valence-corrected chi connectivity index (χ2v) is 4.29. The number of carboxylic acid groups (broad SMARTS) is 1. The Bertz CT molecular complexity index is 373. The maximum Gasteiger partial charge on any atom is 0.343 e. The van der Waals surface area contributed by atoms with Gasteiger partial charge in [0.15, 0.2) is 5.78 Å². The van der Waals surface area contributed by atoms with Crippen LogP contribution >= 0.6 is 0 Å². The van der Waals surface area contributed by atoms with E-state index in [0.717, 1.165) is 0 Å². The Hall–Kier alpha value is -1.85. The summed E-state index contributed by atoms with van der Waals surface area (Å²) in [5.74, 6) is -2.98. The number of ketones is 1. The van der Waals surface area contributed by atoms with Crippen molar-refractivity contribution in [2.45, 2.75) is 26.7 Å². The van der Waals surface area contributed by atoms with Gasteiger partial charge in [-0.2, -0.15) is 0 Å². The fourth-order valence-electron chi connectivity index (χ4n) is 1.54. The molecule has 108 valence electrons. The third-order valence-electron chi connectivity index (χ3n) is 2.43. The monoisotopic (exact) mass is 271 g/mol. The summed E-state index contributed by atoms with van der Waals surface area (Å²) < 4.78 is 4.82. The van der Waals surface area contributed by atoms with Gasteiger partial charge in [-0.1, -0.05) is 6.92 Å². The average molecular weight is 271 g/mol. The largest absolute Gasteiger partial charge is 0.481 e. The van der Waals surface area contributed by atoms with E-state index >= 15 is 0 Å². The van der Waals surface area contributed by atoms with Crippen LogP contribution in [0, 0.1) is 5.92 Å². The zero-order valence-corrected chi connectivity index (χ0v) is 11.8. The third-order valence-corrected chi connectivity index (χ3v) is 2.43. The lowest BCUT2D eigenvalue weighted by Crippen LogP contribution is -2.26. The van der Waals surface area contributed by atoms with E-state index in [1.807, 2.05) is 0 Å². The lowest BCUT2D eigenvalue weighted by molar-refractivity contribution is -0.143. The Morgan fingerprint density at radius 2 is 1.84 bits per heavy atom. The maximum atomic E-state index is 12.2. The molecule has 0 amide bonds. The quantitative estimate of drug-likeness (QED) is 0.307. The highest BCUT2D eigenvalue weighted by Crippen LogP contribution is 2.16. The van der Waals surface area contributed by atoms with Crippen molar-refractivity contribution in [1.29, 1.82) is 0 Å². The zero-order valence-electron chi connectivity index (χ0n) is 11.8. The molecule has 0 aromatic rings. The molecule has 0 aliphatic carbocycles. The van der Waals surface area contributed by atoms with Gasteiger partial charge in [0.25, 0.3) is 0 Å². The highest BCUT2D eigenvalue weighted by Gasteiger charge is 2.28. The average Bonchev–Trinajstić information content (AvgIpc) is 2.32. The van der Waals surface area contributed by atoms with Crippen LogP contribution in [0.15, 0.2) is 11.8 Å². The summed E-state index contributed by atoms with van der Waals surface area (Å²) >= 11 is 0. The Morgan fingerprint density at radius 1 is 1.26 bits per heavy atom. The van der Waals surface area contributed by atoms with Gasteiger partial charge in [0.1, 0.15) is 5.57 Å². The van der Waals surface area contributed by atoms with Gasteiger partial charge in [0.2, 0.25) is 0 Å². The molecule has 0 aliphatic heterocycles. The number of ether oxygens (including phenoxy) is 1. The summed E-state index contributed by atoms with van der Waals surface area (Å²) in [6.07, 6.45) is 1.43. The molecule has 1 atom stereocenters. The molecule has 0 radical (unpaired) electrons. The first kappa shape index (κ1) is 17.2. The first-order valence-electron chi connectivity index (χ1n) is 6.14. The van der Waals surface area contributed by atoms with E-state index in [9.17, 15) is 14.4 Å². The highest BCUT2D eigenvalue weighted by molar-refractivity contribution is 6.18. The molecule has 0 bridgehead atoms. The maximum absolute atomic E-state index is 12.2. The molecule has 1 unspecified atom stereocenters. The van der Waals surface area contributed by atoms with Crippen LogP contribution < -0.4 is 0 Å². The second-order valence-electron chi connectivity index (χ2n) is 4.29. The van der Waals surface area contributed by atoms with Crippen molar-refractivity contribution in [3.63, 3.8) is 0 Å². The van der Waals surface area contributed by atoms with Gasteiger partial charge in [-0.3, -0.25) is 9.59 Å². The summed E-state index contributed by atoms with van der Waals surface area (Å²) in [5, 5.41) is 8.77. The van der Waals surface area contributed by atoms with E-state index in [2.05, 4.69) is 0 Å². The van der Waals surface area contributed by atoms with Crippen LogP contribution in [0.1, 0.15) is 26.7 Å². The van der Waals surface area contributed by atoms with Crippen molar-refractivity contribution in [2.24, 2.45) is 5.92 Å². The number of carbonyl (C=O) groups is 3. The molecular weight excluding hydrogens is 250 g/mol. The van der Waals surface area contributed by atoms with E-state index in [-0.39, 0.29) is 18.6 Å². The van der Waals surface area contributed by atoms with Gasteiger partial charge >= 0.3 is 11.9 Å². The Kier molecular flexibility index (Phi) is 7.48. The molecular formula is C13H21NO5. The number of hydrogen-bond donors (Lipinski definition) is 1. The van der Waals surface area contributed by atoms with Crippen molar-refractivity contribution in [1.82, 2.24) is 4.90 Å². The van der Waals surface area contributed by atoms with E-state index in [1.54, 1.807) is 32.8 Å². The molecule has 0 aliphatic rings. The Morgan fingerprint density at radius 3 is 2.21 bits per heavy atom. The normalized spacial score (nSPS) is 12.7. The number of aliphatic carboxylic acids is 1. The van der Waals surface area contributed by atoms with Crippen molar-refractivity contribution in [3.8, 4) is 0 Å². The van der Waals surface area contributed by atoms with Crippen LogP contribution in [0.2, 0.25) is 0 Å². The third kappa shape index (κ3) is 6.03. The Balaban J connectivity index is 5.19. The van der Waals surface area contributed by atoms with Gasteiger partial charge in [-0.15, -0.1) is 0 Å². The van der Waals surface area contributed by atoms with Crippen molar-refractivity contribution in [3.05, 3.63) is 11.8 Å². The molecule has 6 heteroatoms. The molecule has 19 heavy (non-hydrogen) atoms. The number of nitrogens with zero attached hydrogens (tertiary/aromatic N) is 1. The van der Waals surface area contributed by atoms with Crippen LogP contribution in [0.25, 0.3) is 0 Å². The SMILES string of the molecule is CCOC(=O)C(=CN(C)C)C(=O)C(CC)CC(=O)O. The minimum atomic E-state index is -1.06. The van der Waals surface area contributed by atoms with Crippen LogP contribution in [0.4, 0.5) is 0 Å². The summed E-state index contributed by atoms with van der Waals surface area (Å²) in [4.78, 5) is 36.2. The standard InChI is InChI=1S/C13H21NO5/c1-5-9(7-11(15)16)12(17)10(8-14(3)4)13(18)19-6-2/h8-9H,5-7H2,1-4H3,(H,15,16). The van der Waals surface area contributed by atoms with Crippen LogP contribution in [0.5, 0.6) is 0 Å². The molecule has 1 N–H and O–H groups in total. The van der Waals surface area contributed by atoms with Crippen molar-refractivity contribution >= 4 is 17.7 Å². The lowest BCUT2D eigenvalue weighted by Gasteiger charge is -2.15. The number of carbonyl (C=O) groups excluding carboxylic acids is 2. The number of hydrogen-bond acceptors (Lipinski definition) is 5. The summed E-state index contributed by atoms with van der Waals surface area (Å²) in [7, 11) is 3.34. The lowest BCUT2D eigenvalue weighted by atomic mass is 9.92. The second kappa shape index (κ2) is 8.29. The topological polar surface area (TPSA) is 83.9 Å². The van der Waals surface area contributed by atoms with Gasteiger partial charge in [0.05, 0.1) is 13.0 Å². The zero-order chi connectivity index (χ0) is 15.0. The summed E-state index contributed by atoms with van der Waals surface area (Å²) in [5.41, 5.74) is -0.111. The van der Waals surface area contributed by atoms with Crippen molar-refractivity contribution < 1.29 is 24.2 Å². The van der Waals surface area contributed by atoms with Gasteiger partial charge in [-0.25, -0.2) is 4.79 Å². The fraction of sp³-hybridized carbons (Fsp3) is 0.615. The molecule has 0 spiro atoms. The van der Waals surface area contributed by atoms with Crippen LogP contribution in [-0.2, 0) is 19.1 Å². The summed E-state index contributed by atoms with van der Waals surface area (Å²) in [6.45, 7) is 3.51. The fourth-order valence-corrected chi connectivity index (χ4v) is 1.54. The molecule has 0 aromatic heterocycles. The number of rotatable bonds is 8. The highest BCUT2D eigenvalue weighted by atomic mass is 16.5. The predicted molar refractivity (Wildman–Crippen MR) is 69.4 cm³/mol. The minimum Gasteiger partial charge on any atom is -0.481 e. The van der Waals surface area contributed by atoms with E-state index in [4.69, 9.17) is 9.84 Å². The van der Waals surface area contributed by atoms with Crippen molar-refractivity contribution in [2.75, 3.05) is 20.7 Å². The molecule has 0 saturated carbocycles. The molecule has 0 rings (SSSR count). The van der Waals surface area contributed by atoms with Gasteiger partial charge in [-0.05, 0) is 13.3 Å². The molecule has 0 saturated heterocycles. The predicted octanol–water partition coefficient (Wildman–Crippen LogP) is 1.06. The number of carboxylic acids is 1. The molecule has 6 nitrogen and oxygen atoms in total. The van der Waals surface area contributed by atoms with Gasteiger partial charge in [0, 0.05) is 26.2 Å². The molecule has 0 aromatic carbocycles. The van der Waals surface area contributed by atoms with E-state index in [1.165, 1.54) is 6.20 Å². The van der Waals surface area contributed by atoms with Gasteiger partial charge < -0.3 is 14.7 Å². The minimum absolute atomic E-state index is 0.111. The number of Topliss-reactive ketones (excluding diaryl/α,β-unsaturated/α-hetero) is 1. The number of esters is 1. The molecule has 0 fully saturated rings. The Labute approximate surface area is 113 Å². The van der Waals surface area contributed by atoms with E-state index in [0.29, 0.717) is 6.42 Å². The first-order valence-corrected chi connectivity index (χ1v) is 6.14. The smallest absolute Gasteiger partial charge is 0.343 e. The van der Waals surface area contributed by atoms with Crippen LogP contribution in [0.3, 0.4) is 0 Å². The first-order chi connectivity index (χ1) is 8.83. The van der Waals surface area contributed by atoms with E-state index < -0.39 is 23.6 Å². The van der Waals surface area contributed by atoms with Crippen LogP contribution in [-0.4, -0.2) is 48.4 Å². The summed E-state index contributed by atoms with van der Waals surface area (Å²) in [6, 6.07) is 0.